The number of carbonyl (C=O) groups is 1. The van der Waals surface area contributed by atoms with Crippen LogP contribution < -0.4 is 10.1 Å². The van der Waals surface area contributed by atoms with E-state index >= 15 is 0 Å². The van der Waals surface area contributed by atoms with Gasteiger partial charge in [-0.1, -0.05) is 18.2 Å². The molecule has 5 nitrogen and oxygen atoms in total. The number of rotatable bonds is 8. The van der Waals surface area contributed by atoms with Crippen molar-refractivity contribution in [3.05, 3.63) is 46.4 Å². The SMILES string of the molecule is COCCNC(=O)Cc1csc(COc2ccccc2)n1. The number of aromatic nitrogens is 1. The molecule has 0 aliphatic carbocycles. The lowest BCUT2D eigenvalue weighted by Crippen LogP contribution is -2.28. The summed E-state index contributed by atoms with van der Waals surface area (Å²) in [5.41, 5.74) is 0.765. The molecular weight excluding hydrogens is 288 g/mol. The molecule has 1 aromatic carbocycles. The molecule has 1 N–H and O–H groups in total. The Morgan fingerprint density at radius 2 is 2.14 bits per heavy atom. The first-order valence-corrected chi connectivity index (χ1v) is 7.52. The maximum absolute atomic E-state index is 11.6. The average molecular weight is 306 g/mol. The number of ether oxygens (including phenoxy) is 2. The van der Waals surface area contributed by atoms with E-state index in [1.165, 1.54) is 11.3 Å². The van der Waals surface area contributed by atoms with Crippen LogP contribution in [0, 0.1) is 0 Å². The van der Waals surface area contributed by atoms with Crippen LogP contribution in [-0.4, -0.2) is 31.2 Å². The number of amides is 1. The van der Waals surface area contributed by atoms with E-state index in [4.69, 9.17) is 9.47 Å². The van der Waals surface area contributed by atoms with Crippen LogP contribution in [0.25, 0.3) is 0 Å². The third-order valence-corrected chi connectivity index (χ3v) is 3.55. The minimum atomic E-state index is -0.0483. The van der Waals surface area contributed by atoms with E-state index in [1.54, 1.807) is 7.11 Å². The van der Waals surface area contributed by atoms with E-state index in [9.17, 15) is 4.79 Å². The summed E-state index contributed by atoms with van der Waals surface area (Å²) < 4.78 is 10.5. The summed E-state index contributed by atoms with van der Waals surface area (Å²) in [6.07, 6.45) is 0.283. The first kappa shape index (κ1) is 15.5. The summed E-state index contributed by atoms with van der Waals surface area (Å²) in [7, 11) is 1.60. The number of hydrogen-bond acceptors (Lipinski definition) is 5. The van der Waals surface area contributed by atoms with Gasteiger partial charge in [0.1, 0.15) is 17.4 Å². The van der Waals surface area contributed by atoms with Gasteiger partial charge in [0, 0.05) is 19.0 Å². The second-order valence-electron chi connectivity index (χ2n) is 4.35. The van der Waals surface area contributed by atoms with Crippen LogP contribution in [0.1, 0.15) is 10.7 Å². The minimum Gasteiger partial charge on any atom is -0.486 e. The van der Waals surface area contributed by atoms with Gasteiger partial charge in [-0.15, -0.1) is 11.3 Å². The highest BCUT2D eigenvalue weighted by Gasteiger charge is 2.07. The fraction of sp³-hybridized carbons (Fsp3) is 0.333. The molecule has 0 unspecified atom stereocenters. The Kier molecular flexibility index (Phi) is 6.18. The topological polar surface area (TPSA) is 60.5 Å². The molecule has 0 fully saturated rings. The first-order valence-electron chi connectivity index (χ1n) is 6.64. The standard InChI is InChI=1S/C15H18N2O3S/c1-19-8-7-16-14(18)9-12-11-21-15(17-12)10-20-13-5-3-2-4-6-13/h2-6,11H,7-10H2,1H3,(H,16,18). The number of para-hydroxylation sites is 1. The fourth-order valence-electron chi connectivity index (χ4n) is 1.68. The quantitative estimate of drug-likeness (QED) is 0.758. The van der Waals surface area contributed by atoms with Crippen molar-refractivity contribution in [2.24, 2.45) is 0 Å². The van der Waals surface area contributed by atoms with Crippen molar-refractivity contribution in [1.82, 2.24) is 10.3 Å². The van der Waals surface area contributed by atoms with Gasteiger partial charge in [-0.05, 0) is 12.1 Å². The molecule has 1 amide bonds. The zero-order chi connectivity index (χ0) is 14.9. The van der Waals surface area contributed by atoms with Crippen LogP contribution in [0.15, 0.2) is 35.7 Å². The van der Waals surface area contributed by atoms with Crippen LogP contribution in [0.2, 0.25) is 0 Å². The molecule has 0 radical (unpaired) electrons. The van der Waals surface area contributed by atoms with E-state index in [0.29, 0.717) is 19.8 Å². The van der Waals surface area contributed by atoms with Crippen LogP contribution in [0.5, 0.6) is 5.75 Å². The number of hydrogen-bond donors (Lipinski definition) is 1. The van der Waals surface area contributed by atoms with Gasteiger partial charge in [0.25, 0.3) is 0 Å². The van der Waals surface area contributed by atoms with Crippen molar-refractivity contribution >= 4 is 17.2 Å². The molecule has 112 valence electrons. The molecule has 0 aliphatic rings. The molecule has 2 aromatic rings. The van der Waals surface area contributed by atoms with Crippen molar-refractivity contribution in [3.8, 4) is 5.75 Å². The summed E-state index contributed by atoms with van der Waals surface area (Å²) in [6.45, 7) is 1.45. The van der Waals surface area contributed by atoms with Gasteiger partial charge in [-0.2, -0.15) is 0 Å². The molecule has 0 saturated heterocycles. The highest BCUT2D eigenvalue weighted by atomic mass is 32.1. The van der Waals surface area contributed by atoms with Crippen molar-refractivity contribution in [2.45, 2.75) is 13.0 Å². The Morgan fingerprint density at radius 1 is 1.33 bits per heavy atom. The lowest BCUT2D eigenvalue weighted by Gasteiger charge is -2.03. The van der Waals surface area contributed by atoms with E-state index in [0.717, 1.165) is 16.5 Å². The third kappa shape index (κ3) is 5.53. The molecule has 2 rings (SSSR count). The van der Waals surface area contributed by atoms with E-state index in [1.807, 2.05) is 35.7 Å². The van der Waals surface area contributed by atoms with E-state index in [-0.39, 0.29) is 12.3 Å². The Labute approximate surface area is 127 Å². The summed E-state index contributed by atoms with van der Waals surface area (Å²) in [6, 6.07) is 9.59. The number of nitrogens with zero attached hydrogens (tertiary/aromatic N) is 1. The van der Waals surface area contributed by atoms with Crippen LogP contribution in [-0.2, 0) is 22.6 Å². The zero-order valence-corrected chi connectivity index (χ0v) is 12.7. The number of nitrogens with one attached hydrogen (secondary N) is 1. The van der Waals surface area contributed by atoms with Gasteiger partial charge in [0.15, 0.2) is 0 Å². The van der Waals surface area contributed by atoms with Crippen LogP contribution in [0.3, 0.4) is 0 Å². The second kappa shape index (κ2) is 8.39. The van der Waals surface area contributed by atoms with Gasteiger partial charge in [0.05, 0.1) is 18.7 Å². The number of benzene rings is 1. The van der Waals surface area contributed by atoms with Gasteiger partial charge in [0.2, 0.25) is 5.91 Å². The lowest BCUT2D eigenvalue weighted by molar-refractivity contribution is -0.120. The molecule has 0 atom stereocenters. The Hall–Kier alpha value is -1.92. The van der Waals surface area contributed by atoms with E-state index in [2.05, 4.69) is 10.3 Å². The smallest absolute Gasteiger partial charge is 0.226 e. The molecule has 0 spiro atoms. The van der Waals surface area contributed by atoms with Gasteiger partial charge >= 0.3 is 0 Å². The van der Waals surface area contributed by atoms with Crippen molar-refractivity contribution < 1.29 is 14.3 Å². The summed E-state index contributed by atoms with van der Waals surface area (Å²) in [5, 5.41) is 5.52. The Bertz CT molecular complexity index is 557. The monoisotopic (exact) mass is 306 g/mol. The zero-order valence-electron chi connectivity index (χ0n) is 11.9. The van der Waals surface area contributed by atoms with Gasteiger partial charge in [-0.25, -0.2) is 4.98 Å². The summed E-state index contributed by atoms with van der Waals surface area (Å²) in [5.74, 6) is 0.763. The van der Waals surface area contributed by atoms with Crippen molar-refractivity contribution in [3.63, 3.8) is 0 Å². The fourth-order valence-corrected chi connectivity index (χ4v) is 2.38. The van der Waals surface area contributed by atoms with Gasteiger partial charge < -0.3 is 14.8 Å². The predicted molar refractivity (Wildman–Crippen MR) is 81.5 cm³/mol. The predicted octanol–water partition coefficient (Wildman–Crippen LogP) is 2.03. The third-order valence-electron chi connectivity index (χ3n) is 2.67. The maximum atomic E-state index is 11.6. The molecule has 0 saturated carbocycles. The minimum absolute atomic E-state index is 0.0483. The molecule has 1 aromatic heterocycles. The van der Waals surface area contributed by atoms with Crippen LogP contribution in [0.4, 0.5) is 0 Å². The molecular formula is C15H18N2O3S. The van der Waals surface area contributed by atoms with Crippen molar-refractivity contribution in [2.75, 3.05) is 20.3 Å². The lowest BCUT2D eigenvalue weighted by atomic mass is 10.3. The van der Waals surface area contributed by atoms with Gasteiger partial charge in [-0.3, -0.25) is 4.79 Å². The molecule has 0 bridgehead atoms. The van der Waals surface area contributed by atoms with Crippen molar-refractivity contribution in [1.29, 1.82) is 0 Å². The molecule has 21 heavy (non-hydrogen) atoms. The summed E-state index contributed by atoms with van der Waals surface area (Å²) in [4.78, 5) is 16.0. The number of thiazole rings is 1. The average Bonchev–Trinajstić information content (AvgIpc) is 2.94. The van der Waals surface area contributed by atoms with E-state index < -0.39 is 0 Å². The normalized spacial score (nSPS) is 10.3. The number of methoxy groups -OCH3 is 1. The maximum Gasteiger partial charge on any atom is 0.226 e. The highest BCUT2D eigenvalue weighted by Crippen LogP contribution is 2.15. The van der Waals surface area contributed by atoms with Crippen LogP contribution >= 0.6 is 11.3 Å². The number of carbonyl (C=O) groups excluding carboxylic acids is 1. The Balaban J connectivity index is 1.77. The highest BCUT2D eigenvalue weighted by molar-refractivity contribution is 7.09. The second-order valence-corrected chi connectivity index (χ2v) is 5.30. The molecule has 0 aliphatic heterocycles. The summed E-state index contributed by atoms with van der Waals surface area (Å²) >= 11 is 1.50. The largest absolute Gasteiger partial charge is 0.486 e. The molecule has 1 heterocycles. The first-order chi connectivity index (χ1) is 10.3. The molecule has 6 heteroatoms. The Morgan fingerprint density at radius 3 is 2.90 bits per heavy atom.